The summed E-state index contributed by atoms with van der Waals surface area (Å²) >= 11 is 0. The van der Waals surface area contributed by atoms with E-state index >= 15 is 0 Å². The molecular weight excluding hydrogens is 227 g/mol. The lowest BCUT2D eigenvalue weighted by atomic mass is 10.0. The van der Waals surface area contributed by atoms with Crippen LogP contribution >= 0.6 is 0 Å². The van der Waals surface area contributed by atoms with Crippen LogP contribution in [0.3, 0.4) is 0 Å². The van der Waals surface area contributed by atoms with Gasteiger partial charge in [-0.05, 0) is 32.5 Å². The zero-order valence-corrected chi connectivity index (χ0v) is 11.8. The minimum absolute atomic E-state index is 0.00114. The quantitative estimate of drug-likeness (QED) is 0.777. The van der Waals surface area contributed by atoms with Crippen LogP contribution in [0.2, 0.25) is 0 Å². The topological polar surface area (TPSA) is 15.3 Å². The lowest BCUT2D eigenvalue weighted by Gasteiger charge is -2.26. The number of rotatable bonds is 6. The Bertz CT molecular complexity index is 415. The maximum Gasteiger partial charge on any atom is 0.130 e. The molecule has 0 saturated carbocycles. The first-order valence-corrected chi connectivity index (χ1v) is 6.34. The van der Waals surface area contributed by atoms with E-state index in [1.54, 1.807) is 6.07 Å². The van der Waals surface area contributed by atoms with Crippen molar-refractivity contribution in [3.63, 3.8) is 0 Å². The molecule has 0 aliphatic heterocycles. The Morgan fingerprint density at radius 3 is 2.72 bits per heavy atom. The summed E-state index contributed by atoms with van der Waals surface area (Å²) in [5, 5.41) is 3.26. The Labute approximate surface area is 110 Å². The number of benzene rings is 1. The molecule has 0 radical (unpaired) electrons. The zero-order chi connectivity index (χ0) is 13.7. The van der Waals surface area contributed by atoms with Gasteiger partial charge in [0.15, 0.2) is 0 Å². The molecule has 1 aromatic carbocycles. The van der Waals surface area contributed by atoms with E-state index in [4.69, 9.17) is 0 Å². The fraction of sp³-hybridized carbons (Fsp3) is 0.467. The van der Waals surface area contributed by atoms with Gasteiger partial charge in [-0.1, -0.05) is 25.1 Å². The first-order valence-electron chi connectivity index (χ1n) is 6.34. The molecule has 0 heterocycles. The average molecular weight is 250 g/mol. The van der Waals surface area contributed by atoms with E-state index in [-0.39, 0.29) is 11.9 Å². The molecule has 1 rings (SSSR count). The van der Waals surface area contributed by atoms with Gasteiger partial charge in [-0.3, -0.25) is 0 Å². The smallest absolute Gasteiger partial charge is 0.130 e. The van der Waals surface area contributed by atoms with E-state index < -0.39 is 0 Å². The monoisotopic (exact) mass is 250 g/mol. The van der Waals surface area contributed by atoms with E-state index in [0.29, 0.717) is 0 Å². The van der Waals surface area contributed by atoms with Crippen LogP contribution in [-0.4, -0.2) is 20.1 Å². The second-order valence-corrected chi connectivity index (χ2v) is 4.77. The molecule has 0 amide bonds. The SMILES string of the molecule is C=C(C)CN(C)c1cccc(F)c1C(C)NCC. The van der Waals surface area contributed by atoms with Gasteiger partial charge in [0.1, 0.15) is 5.82 Å². The second kappa shape index (κ2) is 6.55. The number of anilines is 1. The Morgan fingerprint density at radius 2 is 2.17 bits per heavy atom. The minimum Gasteiger partial charge on any atom is -0.370 e. The average Bonchev–Trinajstić information content (AvgIpc) is 2.27. The summed E-state index contributed by atoms with van der Waals surface area (Å²) in [5.74, 6) is -0.158. The zero-order valence-electron chi connectivity index (χ0n) is 11.8. The van der Waals surface area contributed by atoms with Crippen LogP contribution in [0.25, 0.3) is 0 Å². The van der Waals surface area contributed by atoms with Crippen LogP contribution in [0.15, 0.2) is 30.4 Å². The van der Waals surface area contributed by atoms with Crippen LogP contribution in [0.4, 0.5) is 10.1 Å². The Morgan fingerprint density at radius 1 is 1.50 bits per heavy atom. The Balaban J connectivity index is 3.10. The van der Waals surface area contributed by atoms with Gasteiger partial charge in [0.25, 0.3) is 0 Å². The molecular formula is C15H23FN2. The van der Waals surface area contributed by atoms with E-state index in [9.17, 15) is 4.39 Å². The third-order valence-corrected chi connectivity index (χ3v) is 2.89. The van der Waals surface area contributed by atoms with Gasteiger partial charge in [-0.25, -0.2) is 4.39 Å². The van der Waals surface area contributed by atoms with Crippen molar-refractivity contribution >= 4 is 5.69 Å². The molecule has 0 aliphatic rings. The van der Waals surface area contributed by atoms with Crippen LogP contribution in [-0.2, 0) is 0 Å². The van der Waals surface area contributed by atoms with Crippen molar-refractivity contribution in [1.29, 1.82) is 0 Å². The molecule has 0 spiro atoms. The first-order chi connectivity index (χ1) is 8.47. The number of hydrogen-bond acceptors (Lipinski definition) is 2. The van der Waals surface area contributed by atoms with E-state index in [1.807, 2.05) is 38.8 Å². The van der Waals surface area contributed by atoms with Crippen molar-refractivity contribution in [2.24, 2.45) is 0 Å². The molecule has 2 nitrogen and oxygen atoms in total. The summed E-state index contributed by atoms with van der Waals surface area (Å²) in [4.78, 5) is 2.04. The lowest BCUT2D eigenvalue weighted by molar-refractivity contribution is 0.540. The van der Waals surface area contributed by atoms with E-state index in [2.05, 4.69) is 11.9 Å². The van der Waals surface area contributed by atoms with Gasteiger partial charge >= 0.3 is 0 Å². The normalized spacial score (nSPS) is 12.3. The molecule has 18 heavy (non-hydrogen) atoms. The number of nitrogens with zero attached hydrogens (tertiary/aromatic N) is 1. The van der Waals surface area contributed by atoms with Crippen LogP contribution in [0, 0.1) is 5.82 Å². The number of halogens is 1. The molecule has 100 valence electrons. The van der Waals surface area contributed by atoms with Crippen LogP contribution < -0.4 is 10.2 Å². The maximum absolute atomic E-state index is 14.0. The first kappa shape index (κ1) is 14.7. The molecule has 1 N–H and O–H groups in total. The number of hydrogen-bond donors (Lipinski definition) is 1. The Kier molecular flexibility index (Phi) is 5.35. The largest absolute Gasteiger partial charge is 0.370 e. The molecule has 0 aliphatic carbocycles. The third kappa shape index (κ3) is 3.57. The van der Waals surface area contributed by atoms with Crippen molar-refractivity contribution in [2.75, 3.05) is 25.0 Å². The molecule has 1 unspecified atom stereocenters. The van der Waals surface area contributed by atoms with Crippen molar-refractivity contribution in [1.82, 2.24) is 5.32 Å². The molecule has 0 saturated heterocycles. The van der Waals surface area contributed by atoms with E-state index in [1.165, 1.54) is 6.07 Å². The predicted molar refractivity (Wildman–Crippen MR) is 76.6 cm³/mol. The van der Waals surface area contributed by atoms with Gasteiger partial charge in [0.2, 0.25) is 0 Å². The maximum atomic E-state index is 14.0. The summed E-state index contributed by atoms with van der Waals surface area (Å²) in [6, 6.07) is 5.22. The highest BCUT2D eigenvalue weighted by Crippen LogP contribution is 2.28. The van der Waals surface area contributed by atoms with Crippen LogP contribution in [0.1, 0.15) is 32.4 Å². The Hall–Kier alpha value is -1.35. The fourth-order valence-electron chi connectivity index (χ4n) is 2.19. The molecule has 0 fully saturated rings. The highest BCUT2D eigenvalue weighted by molar-refractivity contribution is 5.55. The molecule has 3 heteroatoms. The van der Waals surface area contributed by atoms with Crippen molar-refractivity contribution in [3.8, 4) is 0 Å². The molecule has 0 bridgehead atoms. The van der Waals surface area contributed by atoms with Gasteiger partial charge in [0, 0.05) is 30.9 Å². The fourth-order valence-corrected chi connectivity index (χ4v) is 2.19. The minimum atomic E-state index is -0.158. The van der Waals surface area contributed by atoms with Gasteiger partial charge < -0.3 is 10.2 Å². The van der Waals surface area contributed by atoms with Gasteiger partial charge in [-0.2, -0.15) is 0 Å². The predicted octanol–water partition coefficient (Wildman–Crippen LogP) is 3.51. The second-order valence-electron chi connectivity index (χ2n) is 4.77. The summed E-state index contributed by atoms with van der Waals surface area (Å²) in [6.45, 7) is 11.4. The lowest BCUT2D eigenvalue weighted by Crippen LogP contribution is -2.25. The van der Waals surface area contributed by atoms with Crippen LogP contribution in [0.5, 0.6) is 0 Å². The van der Waals surface area contributed by atoms with Crippen molar-refractivity contribution in [3.05, 3.63) is 41.7 Å². The number of nitrogens with one attached hydrogen (secondary N) is 1. The van der Waals surface area contributed by atoms with Gasteiger partial charge in [-0.15, -0.1) is 0 Å². The summed E-state index contributed by atoms with van der Waals surface area (Å²) in [6.07, 6.45) is 0. The molecule has 0 aromatic heterocycles. The van der Waals surface area contributed by atoms with Crippen molar-refractivity contribution in [2.45, 2.75) is 26.8 Å². The molecule has 1 aromatic rings. The summed E-state index contributed by atoms with van der Waals surface area (Å²) < 4.78 is 14.0. The van der Waals surface area contributed by atoms with Crippen molar-refractivity contribution < 1.29 is 4.39 Å². The standard InChI is InChI=1S/C15H23FN2/c1-6-17-12(4)15-13(16)8-7-9-14(15)18(5)10-11(2)3/h7-9,12,17H,2,6,10H2,1,3-5H3. The highest BCUT2D eigenvalue weighted by atomic mass is 19.1. The van der Waals surface area contributed by atoms with Gasteiger partial charge in [0.05, 0.1) is 0 Å². The van der Waals surface area contributed by atoms with E-state index in [0.717, 1.165) is 29.9 Å². The number of likely N-dealkylation sites (N-methyl/N-ethyl adjacent to an activating group) is 1. The summed E-state index contributed by atoms with van der Waals surface area (Å²) in [5.41, 5.74) is 2.71. The third-order valence-electron chi connectivity index (χ3n) is 2.89. The molecule has 1 atom stereocenters. The highest BCUT2D eigenvalue weighted by Gasteiger charge is 2.17. The summed E-state index contributed by atoms with van der Waals surface area (Å²) in [7, 11) is 1.96.